The molecule has 0 radical (unpaired) electrons. The summed E-state index contributed by atoms with van der Waals surface area (Å²) in [5.74, 6) is 2.22. The lowest BCUT2D eigenvalue weighted by Gasteiger charge is -2.20. The van der Waals surface area contributed by atoms with Crippen LogP contribution >= 0.6 is 0 Å². The van der Waals surface area contributed by atoms with E-state index in [1.807, 2.05) is 42.1 Å². The number of hydrogen-bond acceptors (Lipinski definition) is 5. The van der Waals surface area contributed by atoms with Gasteiger partial charge in [-0.1, -0.05) is 12.1 Å². The van der Waals surface area contributed by atoms with Crippen LogP contribution in [0, 0.1) is 0 Å². The minimum absolute atomic E-state index is 0.253. The normalized spacial score (nSPS) is 11.6. The van der Waals surface area contributed by atoms with Crippen LogP contribution < -0.4 is 19.5 Å². The van der Waals surface area contributed by atoms with Gasteiger partial charge in [-0.3, -0.25) is 4.79 Å². The van der Waals surface area contributed by atoms with E-state index < -0.39 is 6.04 Å². The molecule has 0 spiro atoms. The van der Waals surface area contributed by atoms with Crippen LogP contribution in [0.25, 0.3) is 0 Å². The summed E-state index contributed by atoms with van der Waals surface area (Å²) in [5, 5.41) is 3.06. The van der Waals surface area contributed by atoms with Crippen LogP contribution in [-0.4, -0.2) is 36.8 Å². The molecule has 0 aliphatic rings. The molecular weight excluding hydrogens is 358 g/mol. The fourth-order valence-corrected chi connectivity index (χ4v) is 2.97. The molecule has 1 amide bonds. The molecule has 0 aliphatic carbocycles. The fourth-order valence-electron chi connectivity index (χ4n) is 2.97. The molecule has 0 aliphatic heterocycles. The SMILES string of the molecule is COc1cccc([C@@H](NC(=O)c2ccc(OC)c(OC)c2)c2nccn2C)c1. The summed E-state index contributed by atoms with van der Waals surface area (Å²) < 4.78 is 17.7. The second kappa shape index (κ2) is 8.47. The maximum atomic E-state index is 13.0. The highest BCUT2D eigenvalue weighted by Crippen LogP contribution is 2.29. The summed E-state index contributed by atoms with van der Waals surface area (Å²) in [4.78, 5) is 17.4. The molecule has 1 N–H and O–H groups in total. The molecular formula is C21H23N3O4. The van der Waals surface area contributed by atoms with Crippen LogP contribution in [0.4, 0.5) is 0 Å². The summed E-state index contributed by atoms with van der Waals surface area (Å²) in [6.07, 6.45) is 3.54. The van der Waals surface area contributed by atoms with E-state index in [-0.39, 0.29) is 5.91 Å². The molecule has 0 unspecified atom stereocenters. The number of amides is 1. The van der Waals surface area contributed by atoms with Crippen LogP contribution in [0.2, 0.25) is 0 Å². The Kier molecular flexibility index (Phi) is 5.84. The molecule has 0 saturated carbocycles. The lowest BCUT2D eigenvalue weighted by molar-refractivity contribution is 0.0940. The van der Waals surface area contributed by atoms with E-state index in [0.717, 1.165) is 5.56 Å². The largest absolute Gasteiger partial charge is 0.497 e. The number of rotatable bonds is 7. The molecule has 28 heavy (non-hydrogen) atoms. The van der Waals surface area contributed by atoms with E-state index in [9.17, 15) is 4.79 Å². The Bertz CT molecular complexity index is 968. The summed E-state index contributed by atoms with van der Waals surface area (Å²) in [6, 6.07) is 12.1. The molecule has 1 aromatic heterocycles. The number of aryl methyl sites for hydroxylation is 1. The van der Waals surface area contributed by atoms with E-state index in [0.29, 0.717) is 28.6 Å². The second-order valence-electron chi connectivity index (χ2n) is 6.15. The van der Waals surface area contributed by atoms with E-state index in [2.05, 4.69) is 10.3 Å². The van der Waals surface area contributed by atoms with E-state index in [1.54, 1.807) is 38.6 Å². The van der Waals surface area contributed by atoms with Crippen molar-refractivity contribution in [1.82, 2.24) is 14.9 Å². The highest BCUT2D eigenvalue weighted by Gasteiger charge is 2.22. The van der Waals surface area contributed by atoms with Gasteiger partial charge in [-0.2, -0.15) is 0 Å². The van der Waals surface area contributed by atoms with Crippen LogP contribution in [0.5, 0.6) is 17.2 Å². The molecule has 0 saturated heterocycles. The number of carbonyl (C=O) groups is 1. The minimum Gasteiger partial charge on any atom is -0.497 e. The third kappa shape index (κ3) is 3.93. The van der Waals surface area contributed by atoms with Gasteiger partial charge < -0.3 is 24.1 Å². The Balaban J connectivity index is 1.96. The Morgan fingerprint density at radius 3 is 2.46 bits per heavy atom. The van der Waals surface area contributed by atoms with Gasteiger partial charge in [0, 0.05) is 25.0 Å². The van der Waals surface area contributed by atoms with Crippen molar-refractivity contribution in [2.45, 2.75) is 6.04 Å². The summed E-state index contributed by atoms with van der Waals surface area (Å²) in [6.45, 7) is 0. The minimum atomic E-state index is -0.448. The van der Waals surface area contributed by atoms with E-state index >= 15 is 0 Å². The molecule has 2 aromatic carbocycles. The van der Waals surface area contributed by atoms with Gasteiger partial charge >= 0.3 is 0 Å². The van der Waals surface area contributed by atoms with Gasteiger partial charge in [0.2, 0.25) is 0 Å². The molecule has 7 nitrogen and oxygen atoms in total. The summed E-state index contributed by atoms with van der Waals surface area (Å²) >= 11 is 0. The number of ether oxygens (including phenoxy) is 3. The van der Waals surface area contributed by atoms with Crippen LogP contribution in [0.1, 0.15) is 27.8 Å². The third-order valence-corrected chi connectivity index (χ3v) is 4.46. The second-order valence-corrected chi connectivity index (χ2v) is 6.15. The number of methoxy groups -OCH3 is 3. The average molecular weight is 381 g/mol. The van der Waals surface area contributed by atoms with E-state index in [4.69, 9.17) is 14.2 Å². The van der Waals surface area contributed by atoms with Gasteiger partial charge in [-0.25, -0.2) is 4.98 Å². The fraction of sp³-hybridized carbons (Fsp3) is 0.238. The zero-order chi connectivity index (χ0) is 20.1. The number of benzene rings is 2. The number of aromatic nitrogens is 2. The number of nitrogens with one attached hydrogen (secondary N) is 1. The number of imidazole rings is 1. The predicted octanol–water partition coefficient (Wildman–Crippen LogP) is 2.97. The molecule has 146 valence electrons. The van der Waals surface area contributed by atoms with Crippen molar-refractivity contribution in [2.24, 2.45) is 7.05 Å². The molecule has 3 rings (SSSR count). The number of nitrogens with zero attached hydrogens (tertiary/aromatic N) is 2. The Morgan fingerprint density at radius 2 is 1.82 bits per heavy atom. The first-order valence-corrected chi connectivity index (χ1v) is 8.71. The van der Waals surface area contributed by atoms with Crippen LogP contribution in [0.3, 0.4) is 0 Å². The molecule has 1 heterocycles. The maximum absolute atomic E-state index is 13.0. The smallest absolute Gasteiger partial charge is 0.252 e. The van der Waals surface area contributed by atoms with Crippen molar-refractivity contribution in [3.8, 4) is 17.2 Å². The average Bonchev–Trinajstić information content (AvgIpc) is 3.16. The lowest BCUT2D eigenvalue weighted by Crippen LogP contribution is -2.31. The highest BCUT2D eigenvalue weighted by molar-refractivity contribution is 5.95. The Morgan fingerprint density at radius 1 is 1.04 bits per heavy atom. The quantitative estimate of drug-likeness (QED) is 0.681. The standard InChI is InChI=1S/C21H23N3O4/c1-24-11-10-22-20(24)19(14-6-5-7-16(12-14)26-2)23-21(25)15-8-9-17(27-3)18(13-15)28-4/h5-13,19H,1-4H3,(H,23,25)/t19-/m1/s1. The number of hydrogen-bond donors (Lipinski definition) is 1. The van der Waals surface area contributed by atoms with Crippen LogP contribution in [0.15, 0.2) is 54.9 Å². The first-order valence-electron chi connectivity index (χ1n) is 8.71. The van der Waals surface area contributed by atoms with Crippen molar-refractivity contribution in [3.63, 3.8) is 0 Å². The summed E-state index contributed by atoms with van der Waals surface area (Å²) in [7, 11) is 6.58. The monoisotopic (exact) mass is 381 g/mol. The molecule has 7 heteroatoms. The molecule has 0 fully saturated rings. The number of carbonyl (C=O) groups excluding carboxylic acids is 1. The van der Waals surface area contributed by atoms with Crippen molar-refractivity contribution >= 4 is 5.91 Å². The topological polar surface area (TPSA) is 74.6 Å². The van der Waals surface area contributed by atoms with Crippen molar-refractivity contribution in [2.75, 3.05) is 21.3 Å². The third-order valence-electron chi connectivity index (χ3n) is 4.46. The van der Waals surface area contributed by atoms with Gasteiger partial charge in [0.05, 0.1) is 21.3 Å². The first kappa shape index (κ1) is 19.3. The highest BCUT2D eigenvalue weighted by atomic mass is 16.5. The molecule has 3 aromatic rings. The first-order chi connectivity index (χ1) is 13.6. The van der Waals surface area contributed by atoms with Crippen molar-refractivity contribution < 1.29 is 19.0 Å². The lowest BCUT2D eigenvalue weighted by atomic mass is 10.0. The zero-order valence-electron chi connectivity index (χ0n) is 16.3. The van der Waals surface area contributed by atoms with Gasteiger partial charge in [-0.05, 0) is 35.9 Å². The Hall–Kier alpha value is -3.48. The van der Waals surface area contributed by atoms with Crippen molar-refractivity contribution in [3.05, 3.63) is 71.8 Å². The predicted molar refractivity (Wildman–Crippen MR) is 105 cm³/mol. The van der Waals surface area contributed by atoms with Gasteiger partial charge in [-0.15, -0.1) is 0 Å². The van der Waals surface area contributed by atoms with E-state index in [1.165, 1.54) is 7.11 Å². The van der Waals surface area contributed by atoms with Gasteiger partial charge in [0.1, 0.15) is 17.6 Å². The van der Waals surface area contributed by atoms with Crippen molar-refractivity contribution in [1.29, 1.82) is 0 Å². The van der Waals surface area contributed by atoms with Gasteiger partial charge in [0.15, 0.2) is 11.5 Å². The zero-order valence-corrected chi connectivity index (χ0v) is 16.3. The Labute approximate surface area is 163 Å². The summed E-state index contributed by atoms with van der Waals surface area (Å²) in [5.41, 5.74) is 1.32. The maximum Gasteiger partial charge on any atom is 0.252 e. The van der Waals surface area contributed by atoms with Gasteiger partial charge in [0.25, 0.3) is 5.91 Å². The molecule has 0 bridgehead atoms. The van der Waals surface area contributed by atoms with Crippen LogP contribution in [-0.2, 0) is 7.05 Å². The molecule has 1 atom stereocenters.